The summed E-state index contributed by atoms with van der Waals surface area (Å²) in [5.41, 5.74) is 2.68. The zero-order valence-electron chi connectivity index (χ0n) is 11.6. The Morgan fingerprint density at radius 1 is 1.30 bits per heavy atom. The van der Waals surface area contributed by atoms with Crippen LogP contribution in [0.4, 0.5) is 0 Å². The predicted octanol–water partition coefficient (Wildman–Crippen LogP) is 3.18. The van der Waals surface area contributed by atoms with Gasteiger partial charge in [-0.1, -0.05) is 6.07 Å². The normalized spacial score (nSPS) is 18.8. The second-order valence-electron chi connectivity index (χ2n) is 5.39. The summed E-state index contributed by atoms with van der Waals surface area (Å²) in [6.45, 7) is 4.90. The van der Waals surface area contributed by atoms with Crippen LogP contribution in [0.2, 0.25) is 0 Å². The fraction of sp³-hybridized carbons (Fsp3) is 0.438. The molecule has 2 aromatic heterocycles. The minimum atomic E-state index is 0.672. The first-order chi connectivity index (χ1) is 9.90. The molecule has 1 aliphatic heterocycles. The molecule has 0 saturated carbocycles. The van der Waals surface area contributed by atoms with Crippen molar-refractivity contribution in [3.63, 3.8) is 0 Å². The van der Waals surface area contributed by atoms with Gasteiger partial charge >= 0.3 is 0 Å². The Hall–Kier alpha value is -1.23. The lowest BCUT2D eigenvalue weighted by Crippen LogP contribution is -2.29. The van der Waals surface area contributed by atoms with Crippen molar-refractivity contribution in [3.05, 3.63) is 52.5 Å². The lowest BCUT2D eigenvalue weighted by Gasteiger charge is -2.24. The van der Waals surface area contributed by atoms with Gasteiger partial charge in [-0.3, -0.25) is 9.88 Å². The molecule has 1 fully saturated rings. The minimum absolute atomic E-state index is 0.672. The Morgan fingerprint density at radius 2 is 2.25 bits per heavy atom. The van der Waals surface area contributed by atoms with Crippen LogP contribution < -0.4 is 0 Å². The number of pyridine rings is 1. The third-order valence-electron chi connectivity index (χ3n) is 3.66. The number of thiophene rings is 1. The Morgan fingerprint density at radius 3 is 2.95 bits per heavy atom. The molecule has 4 heteroatoms. The molecule has 0 aromatic carbocycles. The van der Waals surface area contributed by atoms with E-state index in [1.165, 1.54) is 17.5 Å². The van der Waals surface area contributed by atoms with Crippen LogP contribution >= 0.6 is 11.3 Å². The molecule has 1 aliphatic rings. The van der Waals surface area contributed by atoms with Crippen molar-refractivity contribution in [1.29, 1.82) is 0 Å². The molecular formula is C16H20N2OS. The van der Waals surface area contributed by atoms with Crippen molar-refractivity contribution in [2.75, 3.05) is 19.8 Å². The maximum atomic E-state index is 5.51. The molecule has 2 aromatic rings. The Balaban J connectivity index is 1.65. The lowest BCUT2D eigenvalue weighted by molar-refractivity contribution is 0.161. The summed E-state index contributed by atoms with van der Waals surface area (Å²) in [5.74, 6) is 0.672. The smallest absolute Gasteiger partial charge is 0.0507 e. The number of rotatable bonds is 6. The van der Waals surface area contributed by atoms with E-state index in [1.807, 2.05) is 18.5 Å². The number of ether oxygens (including phenoxy) is 1. The number of aromatic nitrogens is 1. The van der Waals surface area contributed by atoms with Crippen LogP contribution in [-0.4, -0.2) is 29.6 Å². The molecule has 3 rings (SSSR count). The Bertz CT molecular complexity index is 494. The summed E-state index contributed by atoms with van der Waals surface area (Å²) < 4.78 is 5.51. The molecular weight excluding hydrogens is 268 g/mol. The summed E-state index contributed by atoms with van der Waals surface area (Å²) >= 11 is 1.77. The van der Waals surface area contributed by atoms with Crippen molar-refractivity contribution in [2.24, 2.45) is 5.92 Å². The highest BCUT2D eigenvalue weighted by atomic mass is 32.1. The standard InChI is InChI=1S/C16H20N2OS/c1-2-14(8-17-5-1)9-18(10-15-3-6-19-12-15)11-16-4-7-20-13-16/h1-2,4-5,7-8,13,15H,3,6,9-12H2. The molecule has 20 heavy (non-hydrogen) atoms. The van der Waals surface area contributed by atoms with E-state index in [0.29, 0.717) is 5.92 Å². The molecule has 0 spiro atoms. The lowest BCUT2D eigenvalue weighted by atomic mass is 10.1. The van der Waals surface area contributed by atoms with Crippen LogP contribution in [0.3, 0.4) is 0 Å². The second-order valence-corrected chi connectivity index (χ2v) is 6.17. The fourth-order valence-electron chi connectivity index (χ4n) is 2.67. The molecule has 3 heterocycles. The monoisotopic (exact) mass is 288 g/mol. The molecule has 106 valence electrons. The number of nitrogens with zero attached hydrogens (tertiary/aromatic N) is 2. The van der Waals surface area contributed by atoms with Crippen molar-refractivity contribution < 1.29 is 4.74 Å². The van der Waals surface area contributed by atoms with Crippen LogP contribution in [-0.2, 0) is 17.8 Å². The quantitative estimate of drug-likeness (QED) is 0.816. The van der Waals surface area contributed by atoms with Crippen LogP contribution in [0, 0.1) is 5.92 Å². The molecule has 0 aliphatic carbocycles. The van der Waals surface area contributed by atoms with E-state index in [0.717, 1.165) is 32.8 Å². The predicted molar refractivity (Wildman–Crippen MR) is 81.6 cm³/mol. The number of hydrogen-bond acceptors (Lipinski definition) is 4. The molecule has 3 nitrogen and oxygen atoms in total. The third-order valence-corrected chi connectivity index (χ3v) is 4.39. The average Bonchev–Trinajstić information content (AvgIpc) is 3.13. The van der Waals surface area contributed by atoms with Gasteiger partial charge in [-0.05, 0) is 46.4 Å². The minimum Gasteiger partial charge on any atom is -0.381 e. The van der Waals surface area contributed by atoms with Crippen molar-refractivity contribution in [2.45, 2.75) is 19.5 Å². The van der Waals surface area contributed by atoms with Gasteiger partial charge < -0.3 is 4.74 Å². The summed E-state index contributed by atoms with van der Waals surface area (Å²) in [4.78, 5) is 6.73. The van der Waals surface area contributed by atoms with E-state index in [4.69, 9.17) is 4.74 Å². The molecule has 1 saturated heterocycles. The highest BCUT2D eigenvalue weighted by Gasteiger charge is 2.19. The van der Waals surface area contributed by atoms with Gasteiger partial charge in [0, 0.05) is 38.6 Å². The van der Waals surface area contributed by atoms with Gasteiger partial charge in [0.25, 0.3) is 0 Å². The van der Waals surface area contributed by atoms with E-state index in [9.17, 15) is 0 Å². The molecule has 1 unspecified atom stereocenters. The third kappa shape index (κ3) is 3.88. The van der Waals surface area contributed by atoms with Gasteiger partial charge in [0.1, 0.15) is 0 Å². The largest absolute Gasteiger partial charge is 0.381 e. The molecule has 0 amide bonds. The first kappa shape index (κ1) is 13.7. The van der Waals surface area contributed by atoms with Crippen molar-refractivity contribution in [3.8, 4) is 0 Å². The second kappa shape index (κ2) is 6.97. The first-order valence-electron chi connectivity index (χ1n) is 7.10. The molecule has 0 radical (unpaired) electrons. The van der Waals surface area contributed by atoms with Crippen molar-refractivity contribution in [1.82, 2.24) is 9.88 Å². The average molecular weight is 288 g/mol. The summed E-state index contributed by atoms with van der Waals surface area (Å²) in [6, 6.07) is 6.38. The van der Waals surface area contributed by atoms with Crippen LogP contribution in [0.25, 0.3) is 0 Å². The van der Waals surface area contributed by atoms with E-state index >= 15 is 0 Å². The maximum Gasteiger partial charge on any atom is 0.0507 e. The van der Waals surface area contributed by atoms with E-state index in [2.05, 4.69) is 32.8 Å². The first-order valence-corrected chi connectivity index (χ1v) is 8.04. The van der Waals surface area contributed by atoms with Gasteiger partial charge in [-0.2, -0.15) is 11.3 Å². The van der Waals surface area contributed by atoms with Gasteiger partial charge in [-0.25, -0.2) is 0 Å². The van der Waals surface area contributed by atoms with Crippen LogP contribution in [0.1, 0.15) is 17.5 Å². The Kier molecular flexibility index (Phi) is 4.79. The van der Waals surface area contributed by atoms with Gasteiger partial charge in [-0.15, -0.1) is 0 Å². The topological polar surface area (TPSA) is 25.4 Å². The van der Waals surface area contributed by atoms with Crippen LogP contribution in [0.5, 0.6) is 0 Å². The van der Waals surface area contributed by atoms with Gasteiger partial charge in [0.05, 0.1) is 6.61 Å². The van der Waals surface area contributed by atoms with Crippen molar-refractivity contribution >= 4 is 11.3 Å². The Labute approximate surface area is 124 Å². The zero-order chi connectivity index (χ0) is 13.6. The fourth-order valence-corrected chi connectivity index (χ4v) is 3.33. The van der Waals surface area contributed by atoms with E-state index in [1.54, 1.807) is 11.3 Å². The van der Waals surface area contributed by atoms with Gasteiger partial charge in [0.15, 0.2) is 0 Å². The van der Waals surface area contributed by atoms with Gasteiger partial charge in [0.2, 0.25) is 0 Å². The van der Waals surface area contributed by atoms with Crippen LogP contribution in [0.15, 0.2) is 41.4 Å². The van der Waals surface area contributed by atoms with E-state index in [-0.39, 0.29) is 0 Å². The van der Waals surface area contributed by atoms with E-state index < -0.39 is 0 Å². The zero-order valence-corrected chi connectivity index (χ0v) is 12.4. The summed E-state index contributed by atoms with van der Waals surface area (Å²) in [6.07, 6.45) is 4.98. The maximum absolute atomic E-state index is 5.51. The molecule has 1 atom stereocenters. The SMILES string of the molecule is c1cncc(CN(Cc2ccsc2)CC2CCOC2)c1. The highest BCUT2D eigenvalue weighted by molar-refractivity contribution is 7.07. The molecule has 0 bridgehead atoms. The molecule has 0 N–H and O–H groups in total. The highest BCUT2D eigenvalue weighted by Crippen LogP contribution is 2.18. The summed E-state index contributed by atoms with van der Waals surface area (Å²) in [5, 5.41) is 4.39. The summed E-state index contributed by atoms with van der Waals surface area (Å²) in [7, 11) is 0. The number of hydrogen-bond donors (Lipinski definition) is 0.